The van der Waals surface area contributed by atoms with Gasteiger partial charge >= 0.3 is 0 Å². The largest absolute Gasteiger partial charge is 0.506 e. The molecule has 4 aromatic carbocycles. The first-order chi connectivity index (χ1) is 25.5. The van der Waals surface area contributed by atoms with E-state index in [1.165, 1.54) is 60.9 Å². The van der Waals surface area contributed by atoms with Crippen LogP contribution in [-0.4, -0.2) is 78.6 Å². The van der Waals surface area contributed by atoms with Gasteiger partial charge in [-0.05, 0) is 66.7 Å². The van der Waals surface area contributed by atoms with Crippen molar-refractivity contribution in [3.63, 3.8) is 0 Å². The van der Waals surface area contributed by atoms with Gasteiger partial charge in [0, 0.05) is 83.6 Å². The zero-order valence-corrected chi connectivity index (χ0v) is 29.6. The molecule has 272 valence electrons. The third-order valence-corrected chi connectivity index (χ3v) is 10.8. The molecule has 0 aliphatic carbocycles. The SMILES string of the molecule is O=C(NS(=O)(=O)c1ccc(NCCSc2ccccc2)c([N+](=O)[O-])c1)c1ccc(N2CCN(C(=O)c3ccc(-c4cncc(O)c4)c(F)c3)CC2)cc1. The molecule has 0 atom stereocenters. The number of carbonyl (C=O) groups excluding carboxylic acids is 2. The number of aromatic nitrogens is 1. The number of hydrogen-bond donors (Lipinski definition) is 3. The molecule has 0 saturated carbocycles. The topological polar surface area (TPSA) is 175 Å². The highest BCUT2D eigenvalue weighted by Crippen LogP contribution is 2.29. The molecule has 13 nitrogen and oxygen atoms in total. The molecule has 0 unspecified atom stereocenters. The van der Waals surface area contributed by atoms with Gasteiger partial charge in [0.25, 0.3) is 27.5 Å². The molecule has 16 heteroatoms. The number of nitrogens with zero attached hydrogens (tertiary/aromatic N) is 4. The molecule has 1 aliphatic heterocycles. The number of rotatable bonds is 12. The third-order valence-electron chi connectivity index (χ3n) is 8.45. The van der Waals surface area contributed by atoms with E-state index in [0.717, 1.165) is 16.6 Å². The van der Waals surface area contributed by atoms with E-state index in [-0.39, 0.29) is 34.0 Å². The minimum atomic E-state index is -4.45. The summed E-state index contributed by atoms with van der Waals surface area (Å²) in [6.07, 6.45) is 2.66. The van der Waals surface area contributed by atoms with Crippen LogP contribution in [0.5, 0.6) is 5.75 Å². The molecule has 3 N–H and O–H groups in total. The lowest BCUT2D eigenvalue weighted by atomic mass is 10.0. The number of piperazine rings is 1. The van der Waals surface area contributed by atoms with Crippen LogP contribution in [0.4, 0.5) is 21.5 Å². The number of thioether (sulfide) groups is 1. The molecule has 53 heavy (non-hydrogen) atoms. The van der Waals surface area contributed by atoms with Crippen LogP contribution in [-0.2, 0) is 10.0 Å². The second-order valence-electron chi connectivity index (χ2n) is 11.9. The van der Waals surface area contributed by atoms with E-state index in [1.807, 2.05) is 40.0 Å². The lowest BCUT2D eigenvalue weighted by Gasteiger charge is -2.36. The molecule has 0 spiro atoms. The van der Waals surface area contributed by atoms with E-state index < -0.39 is 37.3 Å². The van der Waals surface area contributed by atoms with Gasteiger partial charge in [-0.2, -0.15) is 0 Å². The quantitative estimate of drug-likeness (QED) is 0.0609. The average molecular weight is 757 g/mol. The first kappa shape index (κ1) is 36.8. The Bertz CT molecular complexity index is 2250. The molecule has 2 heterocycles. The van der Waals surface area contributed by atoms with E-state index in [0.29, 0.717) is 44.0 Å². The normalized spacial score (nSPS) is 13.0. The van der Waals surface area contributed by atoms with Crippen LogP contribution in [0, 0.1) is 15.9 Å². The van der Waals surface area contributed by atoms with Crippen molar-refractivity contribution in [1.29, 1.82) is 0 Å². The Morgan fingerprint density at radius 2 is 1.62 bits per heavy atom. The standard InChI is InChI=1S/C37H33FN6O7S2/c38-33-21-26(8-12-32(33)27-20-29(45)24-39-23-27)37(47)43-17-15-42(16-18-43)28-9-6-25(7-10-28)36(46)41-53(50,51)31-11-13-34(35(22-31)44(48)49)40-14-19-52-30-4-2-1-3-5-30/h1-13,20-24,40,45H,14-19H2,(H,41,46). The molecule has 6 rings (SSSR count). The number of nitro groups is 1. The van der Waals surface area contributed by atoms with E-state index in [2.05, 4.69) is 10.3 Å². The van der Waals surface area contributed by atoms with Gasteiger partial charge < -0.3 is 20.2 Å². The summed E-state index contributed by atoms with van der Waals surface area (Å²) >= 11 is 1.57. The predicted octanol–water partition coefficient (Wildman–Crippen LogP) is 5.79. The molecule has 1 fully saturated rings. The highest BCUT2D eigenvalue weighted by Gasteiger charge is 2.26. The predicted molar refractivity (Wildman–Crippen MR) is 199 cm³/mol. The maximum atomic E-state index is 14.9. The Kier molecular flexibility index (Phi) is 11.2. The van der Waals surface area contributed by atoms with Gasteiger partial charge in [-0.3, -0.25) is 24.7 Å². The van der Waals surface area contributed by atoms with Gasteiger partial charge in [0.1, 0.15) is 17.3 Å². The van der Waals surface area contributed by atoms with E-state index in [9.17, 15) is 37.6 Å². The number of pyridine rings is 1. The molecular weight excluding hydrogens is 724 g/mol. The van der Waals surface area contributed by atoms with Crippen LogP contribution < -0.4 is 14.9 Å². The fourth-order valence-electron chi connectivity index (χ4n) is 5.72. The Balaban J connectivity index is 1.02. The summed E-state index contributed by atoms with van der Waals surface area (Å²) in [7, 11) is -4.45. The monoisotopic (exact) mass is 756 g/mol. The van der Waals surface area contributed by atoms with Crippen molar-refractivity contribution in [2.24, 2.45) is 0 Å². The van der Waals surface area contributed by atoms with E-state index in [4.69, 9.17) is 0 Å². The second kappa shape index (κ2) is 16.1. The van der Waals surface area contributed by atoms with Gasteiger partial charge in [0.05, 0.1) is 16.0 Å². The third kappa shape index (κ3) is 8.91. The van der Waals surface area contributed by atoms with Crippen molar-refractivity contribution in [3.05, 3.63) is 137 Å². The van der Waals surface area contributed by atoms with Crippen LogP contribution in [0.1, 0.15) is 20.7 Å². The van der Waals surface area contributed by atoms with Gasteiger partial charge in [0.2, 0.25) is 0 Å². The van der Waals surface area contributed by atoms with Crippen molar-refractivity contribution in [2.75, 3.05) is 48.7 Å². The number of amides is 2. The number of nitrogens with one attached hydrogen (secondary N) is 2. The number of nitro benzene ring substituents is 1. The van der Waals surface area contributed by atoms with Crippen molar-refractivity contribution in [2.45, 2.75) is 9.79 Å². The molecule has 5 aromatic rings. The molecule has 0 radical (unpaired) electrons. The number of halogens is 1. The summed E-state index contributed by atoms with van der Waals surface area (Å²) in [5.41, 5.74) is 1.30. The van der Waals surface area contributed by atoms with Crippen molar-refractivity contribution >= 4 is 50.7 Å². The zero-order chi connectivity index (χ0) is 37.5. The number of hydrogen-bond acceptors (Lipinski definition) is 11. The fourth-order valence-corrected chi connectivity index (χ4v) is 7.50. The summed E-state index contributed by atoms with van der Waals surface area (Å²) in [6.45, 7) is 2.01. The molecule has 2 amide bonds. The summed E-state index contributed by atoms with van der Waals surface area (Å²) < 4.78 is 43.1. The number of anilines is 2. The van der Waals surface area contributed by atoms with Crippen LogP contribution in [0.25, 0.3) is 11.1 Å². The van der Waals surface area contributed by atoms with Gasteiger partial charge in [0.15, 0.2) is 0 Å². The molecule has 0 bridgehead atoms. The fraction of sp³-hybridized carbons (Fsp3) is 0.162. The first-order valence-corrected chi connectivity index (χ1v) is 18.8. The van der Waals surface area contributed by atoms with Crippen molar-refractivity contribution < 1.29 is 32.4 Å². The lowest BCUT2D eigenvalue weighted by molar-refractivity contribution is -0.384. The first-order valence-electron chi connectivity index (χ1n) is 16.3. The van der Waals surface area contributed by atoms with E-state index >= 15 is 0 Å². The molecule has 1 aliphatic rings. The Morgan fingerprint density at radius 3 is 2.30 bits per heavy atom. The Hall–Kier alpha value is -6.00. The van der Waals surface area contributed by atoms with Gasteiger partial charge in [-0.15, -0.1) is 11.8 Å². The summed E-state index contributed by atoms with van der Waals surface area (Å²) in [5.74, 6) is -1.34. The summed E-state index contributed by atoms with van der Waals surface area (Å²) in [5, 5.41) is 24.4. The van der Waals surface area contributed by atoms with Crippen molar-refractivity contribution in [1.82, 2.24) is 14.6 Å². The maximum absolute atomic E-state index is 14.9. The van der Waals surface area contributed by atoms with E-state index in [1.54, 1.807) is 28.8 Å². The number of benzene rings is 4. The van der Waals surface area contributed by atoms with Crippen LogP contribution in [0.15, 0.2) is 119 Å². The number of aromatic hydroxyl groups is 1. The maximum Gasteiger partial charge on any atom is 0.293 e. The van der Waals surface area contributed by atoms with Crippen molar-refractivity contribution in [3.8, 4) is 16.9 Å². The lowest BCUT2D eigenvalue weighted by Crippen LogP contribution is -2.48. The Morgan fingerprint density at radius 1 is 0.906 bits per heavy atom. The number of carbonyl (C=O) groups is 2. The Labute approximate surface area is 308 Å². The zero-order valence-electron chi connectivity index (χ0n) is 28.0. The highest BCUT2D eigenvalue weighted by molar-refractivity contribution is 7.99. The second-order valence-corrected chi connectivity index (χ2v) is 14.8. The number of sulfonamides is 1. The molecule has 1 aromatic heterocycles. The highest BCUT2D eigenvalue weighted by atomic mass is 32.2. The smallest absolute Gasteiger partial charge is 0.293 e. The molecular formula is C37H33FN6O7S2. The minimum absolute atomic E-state index is 0.0572. The average Bonchev–Trinajstić information content (AvgIpc) is 3.16. The van der Waals surface area contributed by atoms with Crippen LogP contribution >= 0.6 is 11.8 Å². The van der Waals surface area contributed by atoms with Gasteiger partial charge in [-0.25, -0.2) is 17.5 Å². The summed E-state index contributed by atoms with van der Waals surface area (Å²) in [4.78, 5) is 45.3. The van der Waals surface area contributed by atoms with Crippen LogP contribution in [0.2, 0.25) is 0 Å². The van der Waals surface area contributed by atoms with Crippen LogP contribution in [0.3, 0.4) is 0 Å². The van der Waals surface area contributed by atoms with Gasteiger partial charge in [-0.1, -0.05) is 24.3 Å². The summed E-state index contributed by atoms with van der Waals surface area (Å²) in [6, 6.07) is 24.9. The minimum Gasteiger partial charge on any atom is -0.506 e. The molecule has 1 saturated heterocycles.